The molecule has 0 aliphatic heterocycles. The Labute approximate surface area is 182 Å². The van der Waals surface area contributed by atoms with Gasteiger partial charge in [0.05, 0.1) is 10.2 Å². The van der Waals surface area contributed by atoms with Crippen molar-refractivity contribution in [2.24, 2.45) is 5.92 Å². The molecular weight excluding hydrogens is 384 g/mol. The molecule has 3 heteroatoms. The zero-order chi connectivity index (χ0) is 20.5. The Balaban J connectivity index is 1.63. The molecular formula is C27H28N2S. The van der Waals surface area contributed by atoms with E-state index in [2.05, 4.69) is 85.1 Å². The van der Waals surface area contributed by atoms with Crippen LogP contribution < -0.4 is 0 Å². The van der Waals surface area contributed by atoms with Crippen molar-refractivity contribution in [3.05, 3.63) is 66.7 Å². The maximum atomic E-state index is 4.88. The van der Waals surface area contributed by atoms with Crippen LogP contribution in [0.2, 0.25) is 0 Å². The van der Waals surface area contributed by atoms with Crippen LogP contribution in [0.4, 0.5) is 0 Å². The molecule has 0 aliphatic rings. The van der Waals surface area contributed by atoms with Gasteiger partial charge in [-0.15, -0.1) is 11.3 Å². The maximum Gasteiger partial charge on any atom is 0.124 e. The number of rotatable bonds is 7. The van der Waals surface area contributed by atoms with Gasteiger partial charge < -0.3 is 4.57 Å². The Bertz CT molecular complexity index is 1280. The van der Waals surface area contributed by atoms with Gasteiger partial charge in [0.2, 0.25) is 0 Å². The lowest BCUT2D eigenvalue weighted by Gasteiger charge is -2.17. The van der Waals surface area contributed by atoms with E-state index >= 15 is 0 Å². The molecule has 1 unspecified atom stereocenters. The third kappa shape index (κ3) is 3.41. The monoisotopic (exact) mass is 412 g/mol. The van der Waals surface area contributed by atoms with Crippen molar-refractivity contribution in [3.8, 4) is 10.6 Å². The number of unbranched alkanes of at least 4 members (excludes halogenated alkanes) is 1. The second-order valence-corrected chi connectivity index (χ2v) is 9.29. The molecule has 5 aromatic rings. The van der Waals surface area contributed by atoms with Crippen LogP contribution in [0.15, 0.2) is 66.7 Å². The van der Waals surface area contributed by atoms with Crippen LogP contribution in [0, 0.1) is 5.92 Å². The summed E-state index contributed by atoms with van der Waals surface area (Å²) in [4.78, 5) is 4.88. The molecule has 152 valence electrons. The predicted molar refractivity (Wildman–Crippen MR) is 131 cm³/mol. The first-order valence-electron chi connectivity index (χ1n) is 11.2. The topological polar surface area (TPSA) is 17.8 Å². The van der Waals surface area contributed by atoms with E-state index in [1.165, 1.54) is 57.8 Å². The van der Waals surface area contributed by atoms with Gasteiger partial charge in [-0.2, -0.15) is 0 Å². The minimum atomic E-state index is 0.730. The summed E-state index contributed by atoms with van der Waals surface area (Å²) in [7, 11) is 0. The van der Waals surface area contributed by atoms with E-state index in [0.29, 0.717) is 0 Å². The molecule has 30 heavy (non-hydrogen) atoms. The number of aromatic nitrogens is 2. The summed E-state index contributed by atoms with van der Waals surface area (Å²) in [5.74, 6) is 0.730. The molecule has 0 fully saturated rings. The highest BCUT2D eigenvalue weighted by molar-refractivity contribution is 7.21. The predicted octanol–water partition coefficient (Wildman–Crippen LogP) is 8.29. The number of para-hydroxylation sites is 2. The van der Waals surface area contributed by atoms with Gasteiger partial charge in [0.15, 0.2) is 0 Å². The maximum absolute atomic E-state index is 4.88. The van der Waals surface area contributed by atoms with Crippen LogP contribution in [0.1, 0.15) is 39.5 Å². The van der Waals surface area contributed by atoms with E-state index < -0.39 is 0 Å². The Kier molecular flexibility index (Phi) is 5.30. The molecule has 1 atom stereocenters. The van der Waals surface area contributed by atoms with Crippen molar-refractivity contribution in [3.63, 3.8) is 0 Å². The van der Waals surface area contributed by atoms with Gasteiger partial charge in [0.1, 0.15) is 5.01 Å². The fourth-order valence-electron chi connectivity index (χ4n) is 4.55. The van der Waals surface area contributed by atoms with Gasteiger partial charge in [0, 0.05) is 33.9 Å². The smallest absolute Gasteiger partial charge is 0.124 e. The lowest BCUT2D eigenvalue weighted by Crippen LogP contribution is -2.10. The van der Waals surface area contributed by atoms with Crippen LogP contribution in [-0.2, 0) is 6.54 Å². The van der Waals surface area contributed by atoms with Crippen LogP contribution in [0.3, 0.4) is 0 Å². The van der Waals surface area contributed by atoms with Crippen molar-refractivity contribution in [1.29, 1.82) is 0 Å². The summed E-state index contributed by atoms with van der Waals surface area (Å²) in [6.07, 6.45) is 5.13. The van der Waals surface area contributed by atoms with E-state index in [-0.39, 0.29) is 0 Å². The average Bonchev–Trinajstić information content (AvgIpc) is 3.36. The second kappa shape index (κ2) is 8.23. The highest BCUT2D eigenvalue weighted by Crippen LogP contribution is 2.36. The van der Waals surface area contributed by atoms with Gasteiger partial charge in [-0.1, -0.05) is 63.4 Å². The Morgan fingerprint density at radius 3 is 2.53 bits per heavy atom. The molecule has 2 nitrogen and oxygen atoms in total. The van der Waals surface area contributed by atoms with Crippen molar-refractivity contribution in [2.75, 3.05) is 0 Å². The molecule has 0 N–H and O–H groups in total. The van der Waals surface area contributed by atoms with E-state index in [1.54, 1.807) is 11.3 Å². The molecule has 2 aromatic heterocycles. The van der Waals surface area contributed by atoms with Crippen molar-refractivity contribution < 1.29 is 0 Å². The summed E-state index contributed by atoms with van der Waals surface area (Å²) < 4.78 is 3.80. The first-order valence-corrected chi connectivity index (χ1v) is 12.0. The summed E-state index contributed by atoms with van der Waals surface area (Å²) in [5, 5.41) is 3.79. The van der Waals surface area contributed by atoms with Crippen LogP contribution >= 0.6 is 11.3 Å². The van der Waals surface area contributed by atoms with Gasteiger partial charge in [-0.3, -0.25) is 0 Å². The van der Waals surface area contributed by atoms with E-state index in [1.807, 2.05) is 0 Å². The minimum Gasteiger partial charge on any atom is -0.340 e. The minimum absolute atomic E-state index is 0.730. The standard InChI is InChI=1S/C27H28N2S/c1-3-5-10-19(4-2)18-29-24-13-8-6-11-21(24)22-17-20(15-16-25(22)29)27-28-23-12-7-9-14-26(23)30-27/h6-9,11-17,19H,3-5,10,18H2,1-2H3. The summed E-state index contributed by atoms with van der Waals surface area (Å²) in [6.45, 7) is 5.72. The van der Waals surface area contributed by atoms with Crippen LogP contribution in [-0.4, -0.2) is 9.55 Å². The Morgan fingerprint density at radius 2 is 1.70 bits per heavy atom. The third-order valence-electron chi connectivity index (χ3n) is 6.30. The first-order chi connectivity index (χ1) is 14.8. The number of nitrogens with zero attached hydrogens (tertiary/aromatic N) is 2. The van der Waals surface area contributed by atoms with E-state index in [9.17, 15) is 0 Å². The number of benzene rings is 3. The molecule has 2 heterocycles. The largest absolute Gasteiger partial charge is 0.340 e. The second-order valence-electron chi connectivity index (χ2n) is 8.26. The molecule has 0 radical (unpaired) electrons. The van der Waals surface area contributed by atoms with Gasteiger partial charge in [0.25, 0.3) is 0 Å². The van der Waals surface area contributed by atoms with Crippen molar-refractivity contribution in [2.45, 2.75) is 46.1 Å². The number of hydrogen-bond donors (Lipinski definition) is 0. The molecule has 0 bridgehead atoms. The van der Waals surface area contributed by atoms with E-state index in [4.69, 9.17) is 4.98 Å². The fraction of sp³-hybridized carbons (Fsp3) is 0.296. The highest BCUT2D eigenvalue weighted by atomic mass is 32.1. The van der Waals surface area contributed by atoms with Crippen LogP contribution in [0.5, 0.6) is 0 Å². The van der Waals surface area contributed by atoms with Gasteiger partial charge >= 0.3 is 0 Å². The zero-order valence-corrected chi connectivity index (χ0v) is 18.6. The SMILES string of the molecule is CCCCC(CC)Cn1c2ccccc2c2cc(-c3nc4ccccc4s3)ccc21. The van der Waals surface area contributed by atoms with Crippen molar-refractivity contribution >= 4 is 43.4 Å². The highest BCUT2D eigenvalue weighted by Gasteiger charge is 2.16. The Morgan fingerprint density at radius 1 is 0.900 bits per heavy atom. The lowest BCUT2D eigenvalue weighted by atomic mass is 9.99. The normalized spacial score (nSPS) is 12.9. The summed E-state index contributed by atoms with van der Waals surface area (Å²) >= 11 is 1.78. The number of hydrogen-bond acceptors (Lipinski definition) is 2. The summed E-state index contributed by atoms with van der Waals surface area (Å²) in [6, 6.07) is 24.2. The van der Waals surface area contributed by atoms with Crippen LogP contribution in [0.25, 0.3) is 42.6 Å². The van der Waals surface area contributed by atoms with Crippen molar-refractivity contribution in [1.82, 2.24) is 9.55 Å². The number of thiazole rings is 1. The molecule has 0 aliphatic carbocycles. The summed E-state index contributed by atoms with van der Waals surface area (Å²) in [5.41, 5.74) is 4.99. The zero-order valence-electron chi connectivity index (χ0n) is 17.8. The number of fused-ring (bicyclic) bond motifs is 4. The molecule has 5 rings (SSSR count). The molecule has 0 spiro atoms. The molecule has 3 aromatic carbocycles. The average molecular weight is 413 g/mol. The lowest BCUT2D eigenvalue weighted by molar-refractivity contribution is 0.401. The molecule has 0 amide bonds. The quantitative estimate of drug-likeness (QED) is 0.263. The third-order valence-corrected chi connectivity index (χ3v) is 7.38. The first kappa shape index (κ1) is 19.3. The Hall–Kier alpha value is -2.65. The van der Waals surface area contributed by atoms with E-state index in [0.717, 1.165) is 23.0 Å². The molecule has 0 saturated carbocycles. The molecule has 0 saturated heterocycles. The van der Waals surface area contributed by atoms with Gasteiger partial charge in [-0.05, 0) is 48.7 Å². The fourth-order valence-corrected chi connectivity index (χ4v) is 5.52. The van der Waals surface area contributed by atoms with Gasteiger partial charge in [-0.25, -0.2) is 4.98 Å².